The Labute approximate surface area is 145 Å². The Hall–Kier alpha value is -2.76. The van der Waals surface area contributed by atoms with E-state index in [1.165, 1.54) is 13.0 Å². The van der Waals surface area contributed by atoms with Crippen LogP contribution in [0.2, 0.25) is 0 Å². The van der Waals surface area contributed by atoms with Crippen molar-refractivity contribution in [2.75, 3.05) is 13.1 Å². The lowest BCUT2D eigenvalue weighted by Crippen LogP contribution is -2.37. The number of amides is 2. The van der Waals surface area contributed by atoms with Crippen molar-refractivity contribution >= 4 is 11.8 Å². The Morgan fingerprint density at radius 2 is 1.80 bits per heavy atom. The van der Waals surface area contributed by atoms with Gasteiger partial charge >= 0.3 is 0 Å². The van der Waals surface area contributed by atoms with Gasteiger partial charge < -0.3 is 10.2 Å². The number of rotatable bonds is 6. The van der Waals surface area contributed by atoms with Crippen LogP contribution in [0.25, 0.3) is 0 Å². The number of aryl methyl sites for hydroxylation is 1. The smallest absolute Gasteiger partial charge is 0.251 e. The molecular weight excluding hydrogens is 326 g/mol. The first-order valence-corrected chi connectivity index (χ1v) is 7.91. The Morgan fingerprint density at radius 3 is 2.44 bits per heavy atom. The van der Waals surface area contributed by atoms with E-state index in [0.29, 0.717) is 13.1 Å². The molecule has 1 N–H and O–H groups in total. The molecule has 0 unspecified atom stereocenters. The average Bonchev–Trinajstić information content (AvgIpc) is 2.57. The van der Waals surface area contributed by atoms with Crippen LogP contribution in [0, 0.1) is 18.6 Å². The second kappa shape index (κ2) is 8.37. The zero-order valence-electron chi connectivity index (χ0n) is 14.2. The van der Waals surface area contributed by atoms with E-state index in [1.807, 2.05) is 31.2 Å². The highest BCUT2D eigenvalue weighted by Gasteiger charge is 2.13. The molecule has 0 aliphatic carbocycles. The molecule has 0 aromatic heterocycles. The van der Waals surface area contributed by atoms with E-state index in [1.54, 1.807) is 4.90 Å². The zero-order chi connectivity index (χ0) is 18.4. The maximum Gasteiger partial charge on any atom is 0.251 e. The molecule has 0 saturated heterocycles. The molecule has 0 spiro atoms. The van der Waals surface area contributed by atoms with Gasteiger partial charge in [0.2, 0.25) is 5.91 Å². The number of hydrogen-bond acceptors (Lipinski definition) is 2. The number of nitrogens with one attached hydrogen (secondary N) is 1. The molecule has 6 heteroatoms. The molecule has 0 saturated carbocycles. The van der Waals surface area contributed by atoms with Gasteiger partial charge in [-0.3, -0.25) is 9.59 Å². The number of carbonyl (C=O) groups excluding carboxylic acids is 2. The van der Waals surface area contributed by atoms with Crippen LogP contribution in [0.1, 0.15) is 28.4 Å². The molecule has 4 nitrogen and oxygen atoms in total. The predicted octanol–water partition coefficient (Wildman–Crippen LogP) is 3.05. The highest BCUT2D eigenvalue weighted by Crippen LogP contribution is 2.11. The largest absolute Gasteiger partial charge is 0.350 e. The zero-order valence-corrected chi connectivity index (χ0v) is 14.2. The monoisotopic (exact) mass is 346 g/mol. The molecule has 132 valence electrons. The quantitative estimate of drug-likeness (QED) is 0.874. The number of halogens is 2. The van der Waals surface area contributed by atoms with Crippen LogP contribution in [0.5, 0.6) is 0 Å². The molecule has 0 atom stereocenters. The van der Waals surface area contributed by atoms with Gasteiger partial charge in [0, 0.05) is 32.1 Å². The minimum atomic E-state index is -1.07. The Bertz CT molecular complexity index is 778. The number of hydrogen-bond donors (Lipinski definition) is 1. The van der Waals surface area contributed by atoms with E-state index in [-0.39, 0.29) is 18.0 Å². The molecule has 0 fully saturated rings. The third-order valence-electron chi connectivity index (χ3n) is 3.92. The molecule has 2 aromatic carbocycles. The molecule has 0 aliphatic rings. The van der Waals surface area contributed by atoms with E-state index < -0.39 is 17.5 Å². The van der Waals surface area contributed by atoms with E-state index >= 15 is 0 Å². The standard InChI is InChI=1S/C19H20F2N2O2/c1-13-5-3-4-6-16(13)12-23(14(2)24)10-9-22-19(25)15-7-8-17(20)18(21)11-15/h3-8,11H,9-10,12H2,1-2H3,(H,22,25). The van der Waals surface area contributed by atoms with Crippen LogP contribution in [0.3, 0.4) is 0 Å². The second-order valence-corrected chi connectivity index (χ2v) is 5.75. The SMILES string of the molecule is CC(=O)N(CCNC(=O)c1ccc(F)c(F)c1)Cc1ccccc1C. The molecule has 2 amide bonds. The third-order valence-corrected chi connectivity index (χ3v) is 3.92. The first kappa shape index (κ1) is 18.6. The van der Waals surface area contributed by atoms with Crippen LogP contribution >= 0.6 is 0 Å². The van der Waals surface area contributed by atoms with Gasteiger partial charge in [0.05, 0.1) is 0 Å². The summed E-state index contributed by atoms with van der Waals surface area (Å²) in [5, 5.41) is 2.61. The maximum absolute atomic E-state index is 13.2. The van der Waals surface area contributed by atoms with Crippen molar-refractivity contribution in [1.82, 2.24) is 10.2 Å². The second-order valence-electron chi connectivity index (χ2n) is 5.75. The fourth-order valence-electron chi connectivity index (χ4n) is 2.38. The summed E-state index contributed by atoms with van der Waals surface area (Å²) in [5.41, 5.74) is 2.15. The molecule has 0 heterocycles. The summed E-state index contributed by atoms with van der Waals surface area (Å²) in [5.74, 6) is -2.70. The van der Waals surface area contributed by atoms with Gasteiger partial charge in [0.15, 0.2) is 11.6 Å². The average molecular weight is 346 g/mol. The minimum Gasteiger partial charge on any atom is -0.350 e. The van der Waals surface area contributed by atoms with Crippen molar-refractivity contribution < 1.29 is 18.4 Å². The lowest BCUT2D eigenvalue weighted by Gasteiger charge is -2.22. The van der Waals surface area contributed by atoms with Crippen molar-refractivity contribution in [1.29, 1.82) is 0 Å². The van der Waals surface area contributed by atoms with Gasteiger partial charge in [-0.2, -0.15) is 0 Å². The van der Waals surface area contributed by atoms with Crippen LogP contribution < -0.4 is 5.32 Å². The fraction of sp³-hybridized carbons (Fsp3) is 0.263. The summed E-state index contributed by atoms with van der Waals surface area (Å²) in [6.45, 7) is 4.42. The fourth-order valence-corrected chi connectivity index (χ4v) is 2.38. The Morgan fingerprint density at radius 1 is 1.08 bits per heavy atom. The Kier molecular flexibility index (Phi) is 6.22. The van der Waals surface area contributed by atoms with Crippen molar-refractivity contribution in [3.63, 3.8) is 0 Å². The molecular formula is C19H20F2N2O2. The van der Waals surface area contributed by atoms with Crippen LogP contribution in [-0.2, 0) is 11.3 Å². The lowest BCUT2D eigenvalue weighted by atomic mass is 10.1. The maximum atomic E-state index is 13.2. The van der Waals surface area contributed by atoms with Crippen molar-refractivity contribution in [3.8, 4) is 0 Å². The summed E-state index contributed by atoms with van der Waals surface area (Å²) in [6, 6.07) is 10.7. The topological polar surface area (TPSA) is 49.4 Å². The molecule has 25 heavy (non-hydrogen) atoms. The number of carbonyl (C=O) groups is 2. The van der Waals surface area contributed by atoms with Crippen molar-refractivity contribution in [2.24, 2.45) is 0 Å². The summed E-state index contributed by atoms with van der Waals surface area (Å²) in [7, 11) is 0. The Balaban J connectivity index is 1.93. The van der Waals surface area contributed by atoms with E-state index in [0.717, 1.165) is 23.3 Å². The van der Waals surface area contributed by atoms with Crippen molar-refractivity contribution in [2.45, 2.75) is 20.4 Å². The van der Waals surface area contributed by atoms with E-state index in [4.69, 9.17) is 0 Å². The first-order valence-electron chi connectivity index (χ1n) is 7.91. The summed E-state index contributed by atoms with van der Waals surface area (Å²) < 4.78 is 26.1. The minimum absolute atomic E-state index is 0.0344. The normalized spacial score (nSPS) is 10.4. The van der Waals surface area contributed by atoms with Crippen LogP contribution in [0.15, 0.2) is 42.5 Å². The van der Waals surface area contributed by atoms with Crippen molar-refractivity contribution in [3.05, 3.63) is 70.8 Å². The molecule has 0 aliphatic heterocycles. The number of nitrogens with zero attached hydrogens (tertiary/aromatic N) is 1. The number of benzene rings is 2. The lowest BCUT2D eigenvalue weighted by molar-refractivity contribution is -0.129. The summed E-state index contributed by atoms with van der Waals surface area (Å²) in [4.78, 5) is 25.4. The summed E-state index contributed by atoms with van der Waals surface area (Å²) in [6.07, 6.45) is 0. The highest BCUT2D eigenvalue weighted by molar-refractivity contribution is 5.94. The molecule has 2 aromatic rings. The van der Waals surface area contributed by atoms with Gasteiger partial charge in [0.25, 0.3) is 5.91 Å². The first-order chi connectivity index (χ1) is 11.9. The summed E-state index contributed by atoms with van der Waals surface area (Å²) >= 11 is 0. The third kappa shape index (κ3) is 5.11. The highest BCUT2D eigenvalue weighted by atomic mass is 19.2. The van der Waals surface area contributed by atoms with Gasteiger partial charge in [-0.15, -0.1) is 0 Å². The van der Waals surface area contributed by atoms with E-state index in [2.05, 4.69) is 5.32 Å². The van der Waals surface area contributed by atoms with Gasteiger partial charge in [-0.1, -0.05) is 24.3 Å². The van der Waals surface area contributed by atoms with E-state index in [9.17, 15) is 18.4 Å². The molecule has 0 radical (unpaired) electrons. The van der Waals surface area contributed by atoms with Crippen LogP contribution in [0.4, 0.5) is 8.78 Å². The van der Waals surface area contributed by atoms with Gasteiger partial charge in [-0.05, 0) is 36.2 Å². The van der Waals surface area contributed by atoms with Crippen LogP contribution in [-0.4, -0.2) is 29.8 Å². The molecule has 2 rings (SSSR count). The predicted molar refractivity (Wildman–Crippen MR) is 91.0 cm³/mol. The van der Waals surface area contributed by atoms with Gasteiger partial charge in [-0.25, -0.2) is 8.78 Å². The van der Waals surface area contributed by atoms with Gasteiger partial charge in [0.1, 0.15) is 0 Å². The molecule has 0 bridgehead atoms.